The Kier molecular flexibility index (Phi) is 12.3. The zero-order chi connectivity index (χ0) is 33.3. The molecule has 0 bridgehead atoms. The van der Waals surface area contributed by atoms with Crippen LogP contribution >= 0.6 is 11.3 Å². The molecule has 2 atom stereocenters. The number of rotatable bonds is 14. The topological polar surface area (TPSA) is 130 Å². The lowest BCUT2D eigenvalue weighted by Gasteiger charge is -2.30. The molecule has 11 heteroatoms. The summed E-state index contributed by atoms with van der Waals surface area (Å²) in [4.78, 5) is 29.2. The first kappa shape index (κ1) is 35.0. The van der Waals surface area contributed by atoms with Gasteiger partial charge in [-0.3, -0.25) is 4.79 Å². The number of benzene rings is 3. The molecule has 46 heavy (non-hydrogen) atoms. The first-order valence-electron chi connectivity index (χ1n) is 15.1. The molecule has 1 unspecified atom stereocenters. The second kappa shape index (κ2) is 16.1. The first-order valence-corrected chi connectivity index (χ1v) is 17.3. The lowest BCUT2D eigenvalue weighted by atomic mass is 9.85. The molecule has 0 aliphatic carbocycles. The highest BCUT2D eigenvalue weighted by atomic mass is 32.2. The molecule has 0 saturated carbocycles. The van der Waals surface area contributed by atoms with E-state index in [2.05, 4.69) is 0 Å². The summed E-state index contributed by atoms with van der Waals surface area (Å²) in [5, 5.41) is 10.5. The van der Waals surface area contributed by atoms with Crippen LogP contribution in [0.1, 0.15) is 53.1 Å². The molecule has 2 amide bonds. The second-order valence-electron chi connectivity index (χ2n) is 11.3. The molecule has 0 aliphatic heterocycles. The molecule has 244 valence electrons. The molecule has 0 saturated heterocycles. The van der Waals surface area contributed by atoms with Crippen molar-refractivity contribution in [3.8, 4) is 0 Å². The normalized spacial score (nSPS) is 13.1. The maximum atomic E-state index is 14.0. The molecular weight excluding hydrogens is 623 g/mol. The Morgan fingerprint density at radius 3 is 1.91 bits per heavy atom. The number of nitrogens with zero attached hydrogens (tertiary/aromatic N) is 2. The van der Waals surface area contributed by atoms with Crippen LogP contribution < -0.4 is 5.73 Å². The van der Waals surface area contributed by atoms with Crippen molar-refractivity contribution in [3.05, 3.63) is 124 Å². The molecule has 4 rings (SSSR count). The van der Waals surface area contributed by atoms with Crippen molar-refractivity contribution >= 4 is 33.4 Å². The molecule has 0 spiro atoms. The van der Waals surface area contributed by atoms with Gasteiger partial charge in [-0.15, -0.1) is 11.3 Å². The van der Waals surface area contributed by atoms with E-state index in [1.165, 1.54) is 34.9 Å². The van der Waals surface area contributed by atoms with E-state index in [4.69, 9.17) is 10.5 Å². The van der Waals surface area contributed by atoms with Gasteiger partial charge >= 0.3 is 6.09 Å². The van der Waals surface area contributed by atoms with E-state index in [9.17, 15) is 23.1 Å². The summed E-state index contributed by atoms with van der Waals surface area (Å²) in [6.07, 6.45) is -0.271. The van der Waals surface area contributed by atoms with E-state index in [0.717, 1.165) is 16.0 Å². The van der Waals surface area contributed by atoms with Gasteiger partial charge in [-0.1, -0.05) is 92.7 Å². The molecule has 9 nitrogen and oxygen atoms in total. The van der Waals surface area contributed by atoms with Crippen LogP contribution in [-0.2, 0) is 26.1 Å². The van der Waals surface area contributed by atoms with Crippen molar-refractivity contribution in [3.63, 3.8) is 0 Å². The molecule has 1 aromatic heterocycles. The number of carbonyl (C=O) groups excluding carboxylic acids is 2. The van der Waals surface area contributed by atoms with Gasteiger partial charge in [0.05, 0.1) is 37.2 Å². The number of carbonyl (C=O) groups is 2. The van der Waals surface area contributed by atoms with E-state index in [-0.39, 0.29) is 23.9 Å². The van der Waals surface area contributed by atoms with Crippen LogP contribution in [0.15, 0.2) is 108 Å². The van der Waals surface area contributed by atoms with Gasteiger partial charge < -0.3 is 15.6 Å². The fourth-order valence-electron chi connectivity index (χ4n) is 5.29. The highest BCUT2D eigenvalue weighted by Crippen LogP contribution is 2.34. The summed E-state index contributed by atoms with van der Waals surface area (Å²) in [6.45, 7) is 3.62. The number of sulfonamides is 1. The van der Waals surface area contributed by atoms with Crippen LogP contribution in [0, 0.1) is 5.92 Å². The van der Waals surface area contributed by atoms with Crippen molar-refractivity contribution in [1.82, 2.24) is 9.21 Å². The SMILES string of the molecule is COC(=O)N(Cc1ccc(C(CO)N(CCC(C)C)S(=O)(=O)c2ccccc2)s1)C(=O)[C@@H](N)C(c1ccccc1)c1ccccc1. The van der Waals surface area contributed by atoms with Gasteiger partial charge in [0.25, 0.3) is 0 Å². The lowest BCUT2D eigenvalue weighted by Crippen LogP contribution is -2.49. The van der Waals surface area contributed by atoms with Crippen molar-refractivity contribution in [2.45, 2.75) is 49.7 Å². The number of aliphatic hydroxyl groups excluding tert-OH is 1. The van der Waals surface area contributed by atoms with Crippen LogP contribution in [0.2, 0.25) is 0 Å². The van der Waals surface area contributed by atoms with Crippen molar-refractivity contribution in [2.24, 2.45) is 11.7 Å². The van der Waals surface area contributed by atoms with E-state index in [0.29, 0.717) is 16.2 Å². The Morgan fingerprint density at radius 1 is 0.870 bits per heavy atom. The van der Waals surface area contributed by atoms with Gasteiger partial charge in [0.1, 0.15) is 0 Å². The summed E-state index contributed by atoms with van der Waals surface area (Å²) in [5.41, 5.74) is 8.29. The minimum absolute atomic E-state index is 0.136. The molecule has 1 heterocycles. The van der Waals surface area contributed by atoms with Crippen LogP contribution in [0.3, 0.4) is 0 Å². The van der Waals surface area contributed by atoms with Crippen LogP contribution in [0.4, 0.5) is 4.79 Å². The van der Waals surface area contributed by atoms with Crippen molar-refractivity contribution < 1.29 is 27.9 Å². The fourth-order valence-corrected chi connectivity index (χ4v) is 8.09. The minimum Gasteiger partial charge on any atom is -0.452 e. The standard InChI is InChI=1S/C35H41N3O6S2/c1-25(2)21-22-38(46(42,43)29-17-11-6-12-18-29)30(24-39)31-20-19-28(45-31)23-37(35(41)44-3)34(40)33(36)32(26-13-7-4-8-14-26)27-15-9-5-10-16-27/h4-20,25,30,32-33,39H,21-24,36H2,1-3H3/t30?,33-/m0/s1. The summed E-state index contributed by atoms with van der Waals surface area (Å²) in [6, 6.07) is 28.4. The maximum absolute atomic E-state index is 14.0. The molecule has 0 aliphatic rings. The summed E-state index contributed by atoms with van der Waals surface area (Å²) in [7, 11) is -2.75. The van der Waals surface area contributed by atoms with Crippen molar-refractivity contribution in [1.29, 1.82) is 0 Å². The average molecular weight is 664 g/mol. The largest absolute Gasteiger partial charge is 0.452 e. The van der Waals surface area contributed by atoms with Gasteiger partial charge in [-0.25, -0.2) is 18.1 Å². The summed E-state index contributed by atoms with van der Waals surface area (Å²) >= 11 is 1.22. The summed E-state index contributed by atoms with van der Waals surface area (Å²) in [5.74, 6) is -0.924. The number of amides is 2. The van der Waals surface area contributed by atoms with Crippen LogP contribution in [0.25, 0.3) is 0 Å². The predicted octanol–water partition coefficient (Wildman–Crippen LogP) is 5.77. The number of nitrogens with two attached hydrogens (primary N) is 1. The Labute approximate surface area is 275 Å². The smallest absolute Gasteiger partial charge is 0.416 e. The summed E-state index contributed by atoms with van der Waals surface area (Å²) < 4.78 is 33.9. The second-order valence-corrected chi connectivity index (χ2v) is 14.4. The lowest BCUT2D eigenvalue weighted by molar-refractivity contribution is -0.131. The third-order valence-electron chi connectivity index (χ3n) is 7.74. The number of hydrogen-bond donors (Lipinski definition) is 2. The van der Waals surface area contributed by atoms with Gasteiger partial charge in [0.15, 0.2) is 0 Å². The molecule has 3 N–H and O–H groups in total. The number of aliphatic hydroxyl groups is 1. The van der Waals surface area contributed by atoms with E-state index in [1.54, 1.807) is 30.3 Å². The third-order valence-corrected chi connectivity index (χ3v) is 10.8. The van der Waals surface area contributed by atoms with Crippen LogP contribution in [0.5, 0.6) is 0 Å². The maximum Gasteiger partial charge on any atom is 0.416 e. The Morgan fingerprint density at radius 2 is 1.41 bits per heavy atom. The van der Waals surface area contributed by atoms with Crippen LogP contribution in [-0.4, -0.2) is 61.0 Å². The number of imide groups is 1. The van der Waals surface area contributed by atoms with Gasteiger partial charge in [0.2, 0.25) is 15.9 Å². The monoisotopic (exact) mass is 663 g/mol. The number of thiophene rings is 1. The average Bonchev–Trinajstić information content (AvgIpc) is 3.54. The van der Waals surface area contributed by atoms with Gasteiger partial charge in [-0.05, 0) is 47.7 Å². The molecule has 3 aromatic carbocycles. The Balaban J connectivity index is 1.64. The minimum atomic E-state index is -3.95. The van der Waals surface area contributed by atoms with E-state index >= 15 is 0 Å². The van der Waals surface area contributed by atoms with Crippen molar-refractivity contribution in [2.75, 3.05) is 20.3 Å². The highest BCUT2D eigenvalue weighted by molar-refractivity contribution is 7.89. The van der Waals surface area contributed by atoms with Gasteiger partial charge in [0, 0.05) is 22.2 Å². The molecule has 4 aromatic rings. The van der Waals surface area contributed by atoms with E-state index < -0.39 is 46.6 Å². The van der Waals surface area contributed by atoms with E-state index in [1.807, 2.05) is 74.5 Å². The molecule has 0 radical (unpaired) electrons. The number of methoxy groups -OCH3 is 1. The fraction of sp³-hybridized carbons (Fsp3) is 0.314. The van der Waals surface area contributed by atoms with Gasteiger partial charge in [-0.2, -0.15) is 4.31 Å². The highest BCUT2D eigenvalue weighted by Gasteiger charge is 2.36. The quantitative estimate of drug-likeness (QED) is 0.175. The zero-order valence-electron chi connectivity index (χ0n) is 26.2. The molecule has 0 fully saturated rings. The third kappa shape index (κ3) is 8.28. The zero-order valence-corrected chi connectivity index (χ0v) is 27.9. The number of ether oxygens (including phenoxy) is 1. The number of hydrogen-bond acceptors (Lipinski definition) is 8. The Hall–Kier alpha value is -3.87. The predicted molar refractivity (Wildman–Crippen MR) is 180 cm³/mol. The first-order chi connectivity index (χ1) is 22.1. The Bertz CT molecular complexity index is 1620. The molecular formula is C35H41N3O6S2.